The average Bonchev–Trinajstić information content (AvgIpc) is 3.11. The van der Waals surface area contributed by atoms with Crippen LogP contribution < -0.4 is 5.32 Å². The maximum atomic E-state index is 12.6. The second-order valence-corrected chi connectivity index (χ2v) is 9.90. The first kappa shape index (κ1) is 21.4. The van der Waals surface area contributed by atoms with E-state index in [-0.39, 0.29) is 16.1 Å². The van der Waals surface area contributed by atoms with E-state index in [1.165, 1.54) is 23.9 Å². The highest BCUT2D eigenvalue weighted by Gasteiger charge is 2.21. The van der Waals surface area contributed by atoms with Crippen LogP contribution in [0.2, 0.25) is 0 Å². The Labute approximate surface area is 176 Å². The summed E-state index contributed by atoms with van der Waals surface area (Å²) >= 11 is 1.53. The van der Waals surface area contributed by atoms with Crippen LogP contribution in [0, 0.1) is 0 Å². The lowest BCUT2D eigenvalue weighted by Crippen LogP contribution is -2.23. The van der Waals surface area contributed by atoms with Crippen molar-refractivity contribution in [3.63, 3.8) is 0 Å². The van der Waals surface area contributed by atoms with E-state index in [9.17, 15) is 13.2 Å². The van der Waals surface area contributed by atoms with Crippen molar-refractivity contribution >= 4 is 39.2 Å². The van der Waals surface area contributed by atoms with Gasteiger partial charge in [0.15, 0.2) is 0 Å². The predicted octanol–water partition coefficient (Wildman–Crippen LogP) is 3.76. The SMILES string of the molecule is CC(SCc1ccccc1)C(=O)Nc1cccc(S(=O)(=O)/N=C2/CCCN2C)c1. The zero-order chi connectivity index (χ0) is 20.9. The number of nitrogens with zero attached hydrogens (tertiary/aromatic N) is 2. The number of thioether (sulfide) groups is 1. The lowest BCUT2D eigenvalue weighted by molar-refractivity contribution is -0.115. The Bertz CT molecular complexity index is 991. The maximum Gasteiger partial charge on any atom is 0.284 e. The van der Waals surface area contributed by atoms with E-state index < -0.39 is 10.0 Å². The monoisotopic (exact) mass is 431 g/mol. The van der Waals surface area contributed by atoms with E-state index in [0.29, 0.717) is 17.9 Å². The minimum Gasteiger partial charge on any atom is -0.362 e. The molecule has 0 aliphatic carbocycles. The van der Waals surface area contributed by atoms with Gasteiger partial charge in [-0.3, -0.25) is 4.79 Å². The Morgan fingerprint density at radius 3 is 2.66 bits per heavy atom. The van der Waals surface area contributed by atoms with Gasteiger partial charge in [0.05, 0.1) is 10.1 Å². The number of sulfonamides is 1. The van der Waals surface area contributed by atoms with E-state index in [1.54, 1.807) is 12.1 Å². The number of carbonyl (C=O) groups excluding carboxylic acids is 1. The Morgan fingerprint density at radius 2 is 1.97 bits per heavy atom. The van der Waals surface area contributed by atoms with E-state index in [2.05, 4.69) is 9.71 Å². The van der Waals surface area contributed by atoms with Gasteiger partial charge in [-0.1, -0.05) is 36.4 Å². The molecule has 1 unspecified atom stereocenters. The Balaban J connectivity index is 1.65. The van der Waals surface area contributed by atoms with Gasteiger partial charge in [-0.2, -0.15) is 8.42 Å². The highest BCUT2D eigenvalue weighted by atomic mass is 32.2. The van der Waals surface area contributed by atoms with Gasteiger partial charge in [-0.25, -0.2) is 0 Å². The molecule has 0 radical (unpaired) electrons. The molecule has 0 bridgehead atoms. The van der Waals surface area contributed by atoms with Gasteiger partial charge >= 0.3 is 0 Å². The summed E-state index contributed by atoms with van der Waals surface area (Å²) in [6.45, 7) is 2.65. The number of hydrogen-bond acceptors (Lipinski definition) is 4. The first-order valence-electron chi connectivity index (χ1n) is 9.46. The van der Waals surface area contributed by atoms with Crippen molar-refractivity contribution < 1.29 is 13.2 Å². The molecule has 154 valence electrons. The largest absolute Gasteiger partial charge is 0.362 e. The molecule has 2 aromatic carbocycles. The van der Waals surface area contributed by atoms with Crippen LogP contribution in [0.15, 0.2) is 63.9 Å². The van der Waals surface area contributed by atoms with Crippen LogP contribution in [0.4, 0.5) is 5.69 Å². The van der Waals surface area contributed by atoms with Crippen molar-refractivity contribution in [2.45, 2.75) is 35.7 Å². The molecular weight excluding hydrogens is 406 g/mol. The van der Waals surface area contributed by atoms with Crippen LogP contribution in [0.1, 0.15) is 25.3 Å². The van der Waals surface area contributed by atoms with Crippen molar-refractivity contribution in [1.29, 1.82) is 0 Å². The van der Waals surface area contributed by atoms with E-state index in [1.807, 2.05) is 49.2 Å². The number of nitrogens with one attached hydrogen (secondary N) is 1. The zero-order valence-electron chi connectivity index (χ0n) is 16.5. The molecule has 0 aromatic heterocycles. The zero-order valence-corrected chi connectivity index (χ0v) is 18.2. The second kappa shape index (κ2) is 9.45. The van der Waals surface area contributed by atoms with Crippen molar-refractivity contribution in [3.8, 4) is 0 Å². The van der Waals surface area contributed by atoms with Crippen molar-refractivity contribution in [2.24, 2.45) is 4.40 Å². The van der Waals surface area contributed by atoms with E-state index in [4.69, 9.17) is 0 Å². The van der Waals surface area contributed by atoms with Crippen LogP contribution in [0.3, 0.4) is 0 Å². The third-order valence-electron chi connectivity index (χ3n) is 4.67. The van der Waals surface area contributed by atoms with Gasteiger partial charge in [0.2, 0.25) is 5.91 Å². The molecule has 8 heteroatoms. The molecule has 2 aromatic rings. The third-order valence-corrected chi connectivity index (χ3v) is 7.19. The van der Waals surface area contributed by atoms with Gasteiger partial charge in [0, 0.05) is 31.5 Å². The van der Waals surface area contributed by atoms with Gasteiger partial charge in [-0.05, 0) is 37.1 Å². The van der Waals surface area contributed by atoms with Crippen LogP contribution in [0.5, 0.6) is 0 Å². The summed E-state index contributed by atoms with van der Waals surface area (Å²) in [5.74, 6) is 1.14. The molecule has 1 heterocycles. The Morgan fingerprint density at radius 1 is 1.21 bits per heavy atom. The van der Waals surface area contributed by atoms with E-state index >= 15 is 0 Å². The van der Waals surface area contributed by atoms with Crippen molar-refractivity contribution in [2.75, 3.05) is 18.9 Å². The number of rotatable bonds is 7. The lowest BCUT2D eigenvalue weighted by atomic mass is 10.2. The van der Waals surface area contributed by atoms with Crippen LogP contribution in [0.25, 0.3) is 0 Å². The molecule has 29 heavy (non-hydrogen) atoms. The summed E-state index contributed by atoms with van der Waals surface area (Å²) in [5.41, 5.74) is 1.60. The summed E-state index contributed by atoms with van der Waals surface area (Å²) in [5, 5.41) is 2.53. The van der Waals surface area contributed by atoms with Gasteiger partial charge in [0.25, 0.3) is 10.0 Å². The maximum absolute atomic E-state index is 12.6. The minimum atomic E-state index is -3.81. The highest BCUT2D eigenvalue weighted by molar-refractivity contribution is 7.99. The number of benzene rings is 2. The van der Waals surface area contributed by atoms with Gasteiger partial charge in [0.1, 0.15) is 5.84 Å². The molecule has 0 saturated carbocycles. The Kier molecular flexibility index (Phi) is 6.97. The van der Waals surface area contributed by atoms with Gasteiger partial charge in [-0.15, -0.1) is 16.2 Å². The molecule has 1 aliphatic rings. The van der Waals surface area contributed by atoms with Gasteiger partial charge < -0.3 is 10.2 Å². The molecule has 1 N–H and O–H groups in total. The number of likely N-dealkylation sites (tertiary alicyclic amines) is 1. The molecule has 0 spiro atoms. The Hall–Kier alpha value is -2.32. The molecule has 1 amide bonds. The molecule has 6 nitrogen and oxygen atoms in total. The first-order valence-corrected chi connectivity index (χ1v) is 12.0. The summed E-state index contributed by atoms with van der Waals surface area (Å²) in [4.78, 5) is 14.4. The minimum absolute atomic E-state index is 0.0766. The standard InChI is InChI=1S/C21H25N3O3S2/c1-16(28-15-17-8-4-3-5-9-17)21(25)22-18-10-6-11-19(14-18)29(26,27)23-20-12-7-13-24(20)2/h3-6,8-11,14,16H,7,12-13,15H2,1-2H3,(H,22,25)/b23-20-. The molecular formula is C21H25N3O3S2. The average molecular weight is 432 g/mol. The summed E-state index contributed by atoms with van der Waals surface area (Å²) < 4.78 is 29.2. The van der Waals surface area contributed by atoms with E-state index in [0.717, 1.165) is 24.3 Å². The fourth-order valence-electron chi connectivity index (χ4n) is 2.95. The predicted molar refractivity (Wildman–Crippen MR) is 119 cm³/mol. The molecule has 1 atom stereocenters. The van der Waals surface area contributed by atoms with Crippen LogP contribution in [-0.4, -0.2) is 43.9 Å². The highest BCUT2D eigenvalue weighted by Crippen LogP contribution is 2.22. The summed E-state index contributed by atoms with van der Waals surface area (Å²) in [7, 11) is -1.97. The van der Waals surface area contributed by atoms with Crippen LogP contribution >= 0.6 is 11.8 Å². The molecule has 1 aliphatic heterocycles. The summed E-state index contributed by atoms with van der Waals surface area (Å²) in [6.07, 6.45) is 1.56. The van der Waals surface area contributed by atoms with Crippen molar-refractivity contribution in [3.05, 3.63) is 60.2 Å². The third kappa shape index (κ3) is 5.83. The van der Waals surface area contributed by atoms with Crippen LogP contribution in [-0.2, 0) is 20.6 Å². The summed E-state index contributed by atoms with van der Waals surface area (Å²) in [6, 6.07) is 16.2. The number of amidine groups is 1. The fourth-order valence-corrected chi connectivity index (χ4v) is 4.94. The molecule has 1 fully saturated rings. The normalized spacial score (nSPS) is 16.8. The van der Waals surface area contributed by atoms with Crippen molar-refractivity contribution in [1.82, 2.24) is 4.90 Å². The lowest BCUT2D eigenvalue weighted by Gasteiger charge is -2.13. The first-order chi connectivity index (χ1) is 13.8. The number of anilines is 1. The molecule has 3 rings (SSSR count). The second-order valence-electron chi connectivity index (χ2n) is 6.96. The number of amides is 1. The molecule has 1 saturated heterocycles. The quantitative estimate of drug-likeness (QED) is 0.722. The fraction of sp³-hybridized carbons (Fsp3) is 0.333. The topological polar surface area (TPSA) is 78.8 Å². The smallest absolute Gasteiger partial charge is 0.284 e. The number of hydrogen-bond donors (Lipinski definition) is 1. The number of carbonyl (C=O) groups is 1.